The molecule has 0 radical (unpaired) electrons. The number of benzene rings is 2. The van der Waals surface area contributed by atoms with Gasteiger partial charge in [-0.2, -0.15) is 0 Å². The SMILES string of the molecule is CCC(=O)Oc1c(I)cc(/C=C2\N=C(c3ccc(I)c(C)c3)OC2=O)cc1I. The number of aliphatic imine (C=N–C) groups is 1. The van der Waals surface area contributed by atoms with Gasteiger partial charge in [0.1, 0.15) is 0 Å². The van der Waals surface area contributed by atoms with E-state index in [0.29, 0.717) is 18.1 Å². The van der Waals surface area contributed by atoms with E-state index < -0.39 is 5.97 Å². The fraction of sp³-hybridized carbons (Fsp3) is 0.150. The van der Waals surface area contributed by atoms with Crippen molar-refractivity contribution in [1.82, 2.24) is 0 Å². The summed E-state index contributed by atoms with van der Waals surface area (Å²) in [4.78, 5) is 28.2. The summed E-state index contributed by atoms with van der Waals surface area (Å²) in [6.45, 7) is 3.74. The molecule has 5 nitrogen and oxygen atoms in total. The predicted octanol–water partition coefficient (Wildman–Crippen LogP) is 5.47. The van der Waals surface area contributed by atoms with Crippen molar-refractivity contribution < 1.29 is 19.1 Å². The summed E-state index contributed by atoms with van der Waals surface area (Å²) in [6.07, 6.45) is 1.98. The fourth-order valence-electron chi connectivity index (χ4n) is 2.41. The Morgan fingerprint density at radius 3 is 2.43 bits per heavy atom. The molecule has 0 spiro atoms. The number of cyclic esters (lactones) is 1. The maximum atomic E-state index is 12.3. The van der Waals surface area contributed by atoms with Crippen molar-refractivity contribution in [2.75, 3.05) is 0 Å². The van der Waals surface area contributed by atoms with Crippen molar-refractivity contribution >= 4 is 91.7 Å². The molecule has 1 aliphatic heterocycles. The van der Waals surface area contributed by atoms with E-state index in [-0.39, 0.29) is 11.7 Å². The first kappa shape index (κ1) is 21.7. The molecule has 0 atom stereocenters. The van der Waals surface area contributed by atoms with Gasteiger partial charge in [-0.25, -0.2) is 9.79 Å². The summed E-state index contributed by atoms with van der Waals surface area (Å²) in [6, 6.07) is 9.46. The molecule has 1 aliphatic rings. The van der Waals surface area contributed by atoms with E-state index in [1.807, 2.05) is 37.3 Å². The lowest BCUT2D eigenvalue weighted by Crippen LogP contribution is -2.08. The standard InChI is InChI=1S/C20H14I3NO4/c1-3-17(25)27-18-14(22)7-11(8-15(18)23)9-16-20(26)28-19(24-16)12-4-5-13(21)10(2)6-12/h4-9H,3H2,1-2H3/b16-9-. The summed E-state index contributed by atoms with van der Waals surface area (Å²) in [7, 11) is 0. The zero-order chi connectivity index (χ0) is 20.4. The van der Waals surface area contributed by atoms with Crippen LogP contribution in [0.15, 0.2) is 41.0 Å². The highest BCUT2D eigenvalue weighted by atomic mass is 127. The quantitative estimate of drug-likeness (QED) is 0.183. The molecule has 0 saturated heterocycles. The van der Waals surface area contributed by atoms with Crippen LogP contribution < -0.4 is 4.74 Å². The number of halogens is 3. The van der Waals surface area contributed by atoms with E-state index >= 15 is 0 Å². The minimum absolute atomic E-state index is 0.233. The molecule has 2 aromatic carbocycles. The maximum Gasteiger partial charge on any atom is 0.363 e. The Labute approximate surface area is 203 Å². The first-order chi connectivity index (χ1) is 13.3. The van der Waals surface area contributed by atoms with Crippen LogP contribution in [0.2, 0.25) is 0 Å². The molecule has 0 N–H and O–H groups in total. The summed E-state index contributed by atoms with van der Waals surface area (Å²) in [5, 5.41) is 0. The zero-order valence-corrected chi connectivity index (χ0v) is 21.4. The third-order valence-corrected chi connectivity index (χ3v) is 6.67. The van der Waals surface area contributed by atoms with Crippen LogP contribution in [0, 0.1) is 17.6 Å². The molecule has 0 unspecified atom stereocenters. The van der Waals surface area contributed by atoms with Gasteiger partial charge in [0, 0.05) is 15.6 Å². The Hall–Kier alpha value is -1.02. The number of hydrogen-bond acceptors (Lipinski definition) is 5. The second-order valence-corrected chi connectivity index (χ2v) is 9.43. The average molecular weight is 713 g/mol. The van der Waals surface area contributed by atoms with Crippen molar-refractivity contribution in [3.05, 3.63) is 63.4 Å². The van der Waals surface area contributed by atoms with Gasteiger partial charge in [-0.1, -0.05) is 6.92 Å². The van der Waals surface area contributed by atoms with Crippen LogP contribution in [0.5, 0.6) is 5.75 Å². The number of esters is 2. The molecule has 3 rings (SSSR count). The van der Waals surface area contributed by atoms with Crippen LogP contribution in [0.1, 0.15) is 30.0 Å². The second-order valence-electron chi connectivity index (χ2n) is 5.94. The average Bonchev–Trinajstić information content (AvgIpc) is 3.00. The Balaban J connectivity index is 1.92. The Morgan fingerprint density at radius 1 is 1.14 bits per heavy atom. The lowest BCUT2D eigenvalue weighted by Gasteiger charge is -2.09. The number of hydrogen-bond donors (Lipinski definition) is 0. The summed E-state index contributed by atoms with van der Waals surface area (Å²) in [5.41, 5.74) is 2.87. The van der Waals surface area contributed by atoms with E-state index in [2.05, 4.69) is 72.8 Å². The normalized spacial score (nSPS) is 14.8. The van der Waals surface area contributed by atoms with Crippen LogP contribution >= 0.6 is 67.8 Å². The van der Waals surface area contributed by atoms with Gasteiger partial charge in [0.25, 0.3) is 0 Å². The van der Waals surface area contributed by atoms with Crippen molar-refractivity contribution in [2.45, 2.75) is 20.3 Å². The molecule has 0 aromatic heterocycles. The van der Waals surface area contributed by atoms with Crippen molar-refractivity contribution in [3.63, 3.8) is 0 Å². The fourth-order valence-corrected chi connectivity index (χ4v) is 4.79. The van der Waals surface area contributed by atoms with E-state index in [0.717, 1.165) is 27.4 Å². The second kappa shape index (κ2) is 9.20. The highest BCUT2D eigenvalue weighted by molar-refractivity contribution is 14.1. The largest absolute Gasteiger partial charge is 0.424 e. The first-order valence-corrected chi connectivity index (χ1v) is 11.5. The van der Waals surface area contributed by atoms with E-state index in [1.165, 1.54) is 0 Å². The van der Waals surface area contributed by atoms with Gasteiger partial charge in [0.05, 0.1) is 7.14 Å². The maximum absolute atomic E-state index is 12.3. The highest BCUT2D eigenvalue weighted by Crippen LogP contribution is 2.31. The van der Waals surface area contributed by atoms with Crippen LogP contribution in [0.25, 0.3) is 6.08 Å². The van der Waals surface area contributed by atoms with Gasteiger partial charge in [-0.05, 0) is 122 Å². The van der Waals surface area contributed by atoms with Gasteiger partial charge >= 0.3 is 11.9 Å². The third kappa shape index (κ3) is 4.93. The van der Waals surface area contributed by atoms with Gasteiger partial charge < -0.3 is 9.47 Å². The van der Waals surface area contributed by atoms with E-state index in [1.54, 1.807) is 13.0 Å². The summed E-state index contributed by atoms with van der Waals surface area (Å²) >= 11 is 6.47. The topological polar surface area (TPSA) is 65.0 Å². The Bertz CT molecular complexity index is 1020. The Kier molecular flexibility index (Phi) is 7.12. The van der Waals surface area contributed by atoms with Crippen LogP contribution in [-0.2, 0) is 14.3 Å². The van der Waals surface area contributed by atoms with Gasteiger partial charge in [-0.15, -0.1) is 0 Å². The zero-order valence-electron chi connectivity index (χ0n) is 14.9. The van der Waals surface area contributed by atoms with Gasteiger partial charge in [0.2, 0.25) is 5.90 Å². The molecule has 0 fully saturated rings. The molecule has 1 heterocycles. The smallest absolute Gasteiger partial charge is 0.363 e. The number of nitrogens with zero attached hydrogens (tertiary/aromatic N) is 1. The summed E-state index contributed by atoms with van der Waals surface area (Å²) in [5.74, 6) is 0.0532. The molecule has 0 amide bonds. The minimum atomic E-state index is -0.488. The number of ether oxygens (including phenoxy) is 2. The minimum Gasteiger partial charge on any atom is -0.424 e. The van der Waals surface area contributed by atoms with Crippen LogP contribution in [0.4, 0.5) is 0 Å². The highest BCUT2D eigenvalue weighted by Gasteiger charge is 2.24. The third-order valence-electron chi connectivity index (χ3n) is 3.85. The number of carbonyl (C=O) groups is 2. The molecule has 0 saturated carbocycles. The van der Waals surface area contributed by atoms with E-state index in [9.17, 15) is 9.59 Å². The molecule has 8 heteroatoms. The van der Waals surface area contributed by atoms with Crippen LogP contribution in [-0.4, -0.2) is 17.8 Å². The number of aryl methyl sites for hydroxylation is 1. The molecule has 2 aromatic rings. The van der Waals surface area contributed by atoms with Gasteiger partial charge in [0.15, 0.2) is 11.4 Å². The van der Waals surface area contributed by atoms with E-state index in [4.69, 9.17) is 9.47 Å². The molecular weight excluding hydrogens is 699 g/mol. The lowest BCUT2D eigenvalue weighted by atomic mass is 10.1. The first-order valence-electron chi connectivity index (χ1n) is 8.27. The van der Waals surface area contributed by atoms with Crippen molar-refractivity contribution in [2.24, 2.45) is 4.99 Å². The predicted molar refractivity (Wildman–Crippen MR) is 132 cm³/mol. The molecule has 0 aliphatic carbocycles. The Morgan fingerprint density at radius 2 is 1.82 bits per heavy atom. The molecule has 28 heavy (non-hydrogen) atoms. The lowest BCUT2D eigenvalue weighted by molar-refractivity contribution is -0.134. The van der Waals surface area contributed by atoms with Crippen molar-refractivity contribution in [1.29, 1.82) is 0 Å². The van der Waals surface area contributed by atoms with Gasteiger partial charge in [-0.3, -0.25) is 4.79 Å². The van der Waals surface area contributed by atoms with Crippen molar-refractivity contribution in [3.8, 4) is 5.75 Å². The summed E-state index contributed by atoms with van der Waals surface area (Å²) < 4.78 is 13.4. The molecule has 0 bridgehead atoms. The number of carbonyl (C=O) groups excluding carboxylic acids is 2. The molecular formula is C20H14I3NO4. The van der Waals surface area contributed by atoms with Crippen LogP contribution in [0.3, 0.4) is 0 Å². The molecule has 144 valence electrons. The number of rotatable bonds is 4. The monoisotopic (exact) mass is 713 g/mol.